The van der Waals surface area contributed by atoms with Crippen molar-refractivity contribution in [3.8, 4) is 35.7 Å². The number of aromatic hydroxyl groups is 1. The summed E-state index contributed by atoms with van der Waals surface area (Å²) in [6.45, 7) is 2.47. The summed E-state index contributed by atoms with van der Waals surface area (Å²) in [4.78, 5) is 16.4. The Morgan fingerprint density at radius 3 is 1.53 bits per heavy atom. The third-order valence-electron chi connectivity index (χ3n) is 10.1. The fourth-order valence-electron chi connectivity index (χ4n) is 6.42. The Morgan fingerprint density at radius 2 is 1.09 bits per heavy atom. The van der Waals surface area contributed by atoms with E-state index in [4.69, 9.17) is 20.1 Å². The third-order valence-corrected chi connectivity index (χ3v) is 14.9. The number of nitrogens with zero attached hydrogens (tertiary/aromatic N) is 6. The number of halogens is 5. The maximum absolute atomic E-state index is 11.7. The molecule has 0 radical (unpaired) electrons. The van der Waals surface area contributed by atoms with Crippen LogP contribution >= 0.6 is 79.6 Å². The Bertz CT molecular complexity index is 2940. The van der Waals surface area contributed by atoms with Crippen molar-refractivity contribution in [1.82, 2.24) is 28.5 Å². The molecule has 0 fully saturated rings. The molecule has 22 heteroatoms. The van der Waals surface area contributed by atoms with Crippen molar-refractivity contribution in [3.05, 3.63) is 172 Å². The molecule has 0 spiro atoms. The van der Waals surface area contributed by atoms with Crippen LogP contribution in [0.15, 0.2) is 132 Å². The summed E-state index contributed by atoms with van der Waals surface area (Å²) in [6, 6.07) is 26.4. The van der Waals surface area contributed by atoms with Crippen molar-refractivity contribution in [2.75, 3.05) is 52.0 Å². The Hall–Kier alpha value is -4.14. The second-order valence-corrected chi connectivity index (χ2v) is 24.2. The zero-order valence-corrected chi connectivity index (χ0v) is 50.2. The summed E-state index contributed by atoms with van der Waals surface area (Å²) in [5.41, 5.74) is 7.00. The minimum absolute atomic E-state index is 0.127. The van der Waals surface area contributed by atoms with Gasteiger partial charge < -0.3 is 25.2 Å². The predicted molar refractivity (Wildman–Crippen MR) is 307 cm³/mol. The number of terminal acetylenes is 1. The van der Waals surface area contributed by atoms with Gasteiger partial charge >= 0.3 is 0 Å². The van der Waals surface area contributed by atoms with Crippen LogP contribution in [0.5, 0.6) is 11.5 Å². The second-order valence-electron chi connectivity index (χ2n) is 15.8. The molecular weight excluding hydrogens is 1320 g/mol. The van der Waals surface area contributed by atoms with Crippen LogP contribution in [0.25, 0.3) is 0 Å². The number of phenols is 1. The fourth-order valence-corrected chi connectivity index (χ4v) is 9.19. The van der Waals surface area contributed by atoms with Crippen molar-refractivity contribution < 1.29 is 42.0 Å². The van der Waals surface area contributed by atoms with Gasteiger partial charge in [0.1, 0.15) is 35.0 Å². The molecular formula is C52H57Br5N6O9S2. The van der Waals surface area contributed by atoms with Gasteiger partial charge in [-0.1, -0.05) is 24.0 Å². The Kier molecular flexibility index (Phi) is 29.9. The predicted octanol–water partition coefficient (Wildman–Crippen LogP) is 9.06. The molecule has 2 aliphatic heterocycles. The minimum atomic E-state index is -3.13. The van der Waals surface area contributed by atoms with Gasteiger partial charge in [-0.15, -0.1) is 6.42 Å². The van der Waals surface area contributed by atoms with E-state index >= 15 is 0 Å². The van der Waals surface area contributed by atoms with Crippen molar-refractivity contribution in [2.45, 2.75) is 51.6 Å². The smallest absolute Gasteiger partial charge is 0.211 e. The van der Waals surface area contributed by atoms with Crippen LogP contribution in [0.4, 0.5) is 0 Å². The molecule has 74 heavy (non-hydrogen) atoms. The van der Waals surface area contributed by atoms with Gasteiger partial charge in [0, 0.05) is 86.9 Å². The Labute approximate surface area is 477 Å². The van der Waals surface area contributed by atoms with Gasteiger partial charge in [-0.2, -0.15) is 8.61 Å². The number of benzene rings is 2. The molecule has 0 unspecified atom stereocenters. The van der Waals surface area contributed by atoms with Crippen LogP contribution in [0, 0.1) is 24.2 Å². The lowest BCUT2D eigenvalue weighted by atomic mass is 10.0. The van der Waals surface area contributed by atoms with Crippen molar-refractivity contribution >= 4 is 99.7 Å². The van der Waals surface area contributed by atoms with E-state index in [9.17, 15) is 21.9 Å². The highest BCUT2D eigenvalue weighted by Crippen LogP contribution is 2.26. The summed E-state index contributed by atoms with van der Waals surface area (Å²) >= 11 is 16.4. The van der Waals surface area contributed by atoms with Crippen LogP contribution in [0.3, 0.4) is 0 Å². The first-order valence-corrected chi connectivity index (χ1v) is 30.2. The molecule has 396 valence electrons. The SMILES string of the molecule is Brc1ccc(Br)nc1.C#CCO.CS(=O)(=O)N1CCc2cc(O)ccc2C1.CS(=O)(=O)N1CCc2cc(OCCCc3ccc(Br)cn3)ccc2C1.OCC#Cc1ccc(Br)cn1.OCCCc1ccc(Br)cn1. The number of sulfonamides is 2. The number of rotatable bonds is 10. The highest BCUT2D eigenvalue weighted by molar-refractivity contribution is 9.11. The third kappa shape index (κ3) is 26.1. The lowest BCUT2D eigenvalue weighted by Gasteiger charge is -2.27. The maximum Gasteiger partial charge on any atom is 0.211 e. The van der Waals surface area contributed by atoms with Crippen LogP contribution < -0.4 is 4.74 Å². The average Bonchev–Trinajstić information content (AvgIpc) is 3.38. The van der Waals surface area contributed by atoms with E-state index in [-0.39, 0.29) is 25.6 Å². The maximum atomic E-state index is 11.7. The van der Waals surface area contributed by atoms with E-state index in [1.807, 2.05) is 66.6 Å². The van der Waals surface area contributed by atoms with E-state index in [1.54, 1.807) is 49.1 Å². The lowest BCUT2D eigenvalue weighted by molar-refractivity contribution is 0.288. The van der Waals surface area contributed by atoms with Crippen molar-refractivity contribution in [2.24, 2.45) is 0 Å². The van der Waals surface area contributed by atoms with Gasteiger partial charge in [-0.3, -0.25) is 9.97 Å². The molecule has 4 aromatic heterocycles. The highest BCUT2D eigenvalue weighted by atomic mass is 79.9. The summed E-state index contributed by atoms with van der Waals surface area (Å²) in [7, 11) is -6.24. The molecule has 15 nitrogen and oxygen atoms in total. The summed E-state index contributed by atoms with van der Waals surface area (Å²) < 4.78 is 59.6. The minimum Gasteiger partial charge on any atom is -0.508 e. The van der Waals surface area contributed by atoms with Crippen molar-refractivity contribution in [1.29, 1.82) is 0 Å². The number of fused-ring (bicyclic) bond motifs is 2. The standard InChI is InChI=1S/C18H21BrN2O3S.C10H13NO3S.C8H10BrNO.C8H6BrNO.C5H3Br2N.C3H4O/c1-25(22,23)21-9-8-14-11-18(7-4-15(14)13-21)24-10-2-3-17-6-5-16(19)12-20-17;1-15(13,14)11-5-4-8-6-10(12)3-2-9(8)7-11;2*9-7-3-4-8(10-6-7)2-1-5-11;6-4-1-2-5(7)8-3-4;1-2-3-4/h4-7,11-12H,2-3,8-10,13H2,1H3;2-3,6,12H,4-5,7H2,1H3;3-4,6,11H,1-2,5H2;3-4,6,11H,5H2;1-3H;1,4H,3H2. The first kappa shape index (κ1) is 64.1. The van der Waals surface area contributed by atoms with E-state index in [0.29, 0.717) is 44.9 Å². The molecule has 6 heterocycles. The largest absolute Gasteiger partial charge is 0.508 e. The zero-order chi connectivity index (χ0) is 54.5. The fraction of sp³-hybridized carbons (Fsp3) is 0.308. The van der Waals surface area contributed by atoms with Crippen LogP contribution in [-0.4, -0.2) is 118 Å². The van der Waals surface area contributed by atoms with Gasteiger partial charge in [-0.25, -0.2) is 26.8 Å². The molecule has 0 bridgehead atoms. The van der Waals surface area contributed by atoms with Crippen molar-refractivity contribution in [3.63, 3.8) is 0 Å². The number of hydrogen-bond donors (Lipinski definition) is 4. The molecule has 0 atom stereocenters. The Morgan fingerprint density at radius 1 is 0.608 bits per heavy atom. The molecule has 4 N–H and O–H groups in total. The number of aliphatic hydroxyl groups excluding tert-OH is 3. The van der Waals surface area contributed by atoms with E-state index in [1.165, 1.54) is 26.7 Å². The number of phenolic OH excluding ortho intramolecular Hbond substituents is 1. The summed E-state index contributed by atoms with van der Waals surface area (Å²) in [5.74, 6) is 8.27. The monoisotopic (exact) mass is 1370 g/mol. The summed E-state index contributed by atoms with van der Waals surface area (Å²) in [5, 5.41) is 33.8. The molecule has 2 aromatic carbocycles. The number of aromatic nitrogens is 4. The second kappa shape index (κ2) is 34.5. The van der Waals surface area contributed by atoms with Gasteiger partial charge in [0.05, 0.1) is 19.1 Å². The molecule has 6 aromatic rings. The van der Waals surface area contributed by atoms with Gasteiger partial charge in [0.2, 0.25) is 20.0 Å². The van der Waals surface area contributed by atoms with E-state index in [0.717, 1.165) is 88.4 Å². The molecule has 0 aliphatic carbocycles. The highest BCUT2D eigenvalue weighted by Gasteiger charge is 2.24. The topological polar surface area (TPSA) is 216 Å². The summed E-state index contributed by atoms with van der Waals surface area (Å²) in [6.07, 6.45) is 18.8. The lowest BCUT2D eigenvalue weighted by Crippen LogP contribution is -2.35. The number of aryl methyl sites for hydroxylation is 2. The number of ether oxygens (including phenoxy) is 1. The van der Waals surface area contributed by atoms with Gasteiger partial charge in [0.15, 0.2) is 0 Å². The van der Waals surface area contributed by atoms with Gasteiger partial charge in [0.25, 0.3) is 0 Å². The van der Waals surface area contributed by atoms with E-state index < -0.39 is 20.0 Å². The quantitative estimate of drug-likeness (QED) is 0.0573. The average molecular weight is 1370 g/mol. The molecule has 2 aliphatic rings. The first-order valence-electron chi connectivity index (χ1n) is 22.5. The van der Waals surface area contributed by atoms with Gasteiger partial charge in [-0.05, 0) is 219 Å². The number of hydrogen-bond acceptors (Lipinski definition) is 13. The molecule has 0 saturated carbocycles. The normalized spacial score (nSPS) is 12.6. The van der Waals surface area contributed by atoms with Crippen LogP contribution in [0.2, 0.25) is 0 Å². The Balaban J connectivity index is 0.000000254. The number of pyridine rings is 4. The molecule has 0 saturated heterocycles. The van der Waals surface area contributed by atoms with Crippen LogP contribution in [0.1, 0.15) is 52.2 Å². The zero-order valence-electron chi connectivity index (χ0n) is 40.6. The van der Waals surface area contributed by atoms with Crippen LogP contribution in [-0.2, 0) is 58.8 Å². The molecule has 8 rings (SSSR count). The molecule has 0 amide bonds. The first-order chi connectivity index (χ1) is 35.2. The number of aliphatic hydroxyl groups is 3. The van der Waals surface area contributed by atoms with E-state index in [2.05, 4.69) is 118 Å².